The maximum Gasteiger partial charge on any atom is 0.160 e. The summed E-state index contributed by atoms with van der Waals surface area (Å²) in [6.45, 7) is 0. The van der Waals surface area contributed by atoms with E-state index in [1.165, 1.54) is 25.2 Å². The second-order valence-corrected chi connectivity index (χ2v) is 5.17. The van der Waals surface area contributed by atoms with E-state index in [4.69, 9.17) is 0 Å². The second-order valence-electron chi connectivity index (χ2n) is 5.17. The van der Waals surface area contributed by atoms with Crippen LogP contribution in [0.3, 0.4) is 0 Å². The van der Waals surface area contributed by atoms with Crippen molar-refractivity contribution >= 4 is 17.3 Å². The van der Waals surface area contributed by atoms with Crippen molar-refractivity contribution in [2.45, 2.75) is 31.7 Å². The van der Waals surface area contributed by atoms with Gasteiger partial charge in [0.05, 0.1) is 0 Å². The number of hydrogen-bond acceptors (Lipinski definition) is 4. The highest BCUT2D eigenvalue weighted by molar-refractivity contribution is 5.58. The number of nitrogens with zero attached hydrogens (tertiary/aromatic N) is 2. The Hall–Kier alpha value is -2.24. The number of halogens is 2. The van der Waals surface area contributed by atoms with Crippen LogP contribution in [0.15, 0.2) is 30.6 Å². The first-order valence-corrected chi connectivity index (χ1v) is 7.01. The molecule has 0 unspecified atom stereocenters. The van der Waals surface area contributed by atoms with Gasteiger partial charge in [-0.1, -0.05) is 12.8 Å². The lowest BCUT2D eigenvalue weighted by molar-refractivity contribution is 0.509. The van der Waals surface area contributed by atoms with Gasteiger partial charge < -0.3 is 10.6 Å². The van der Waals surface area contributed by atoms with E-state index in [0.29, 0.717) is 17.5 Å². The number of benzene rings is 1. The lowest BCUT2D eigenvalue weighted by Gasteiger charge is -2.13. The van der Waals surface area contributed by atoms with Crippen molar-refractivity contribution in [3.8, 4) is 0 Å². The Balaban J connectivity index is 1.71. The summed E-state index contributed by atoms with van der Waals surface area (Å²) in [5.74, 6) is -0.483. The van der Waals surface area contributed by atoms with Crippen LogP contribution >= 0.6 is 0 Å². The molecule has 0 radical (unpaired) electrons. The molecule has 1 aliphatic rings. The zero-order valence-corrected chi connectivity index (χ0v) is 11.4. The van der Waals surface area contributed by atoms with E-state index in [-0.39, 0.29) is 0 Å². The summed E-state index contributed by atoms with van der Waals surface area (Å²) in [7, 11) is 0. The van der Waals surface area contributed by atoms with Gasteiger partial charge in [-0.15, -0.1) is 0 Å². The third kappa shape index (κ3) is 3.45. The van der Waals surface area contributed by atoms with E-state index in [2.05, 4.69) is 20.6 Å². The molecule has 1 aromatic heterocycles. The van der Waals surface area contributed by atoms with Gasteiger partial charge in [0.2, 0.25) is 0 Å². The fourth-order valence-electron chi connectivity index (χ4n) is 2.51. The van der Waals surface area contributed by atoms with Crippen LogP contribution in [-0.2, 0) is 0 Å². The highest BCUT2D eigenvalue weighted by Crippen LogP contribution is 2.23. The Kier molecular flexibility index (Phi) is 3.94. The van der Waals surface area contributed by atoms with E-state index in [0.717, 1.165) is 30.8 Å². The second kappa shape index (κ2) is 6.03. The van der Waals surface area contributed by atoms with Gasteiger partial charge in [0.1, 0.15) is 18.0 Å². The molecule has 4 nitrogen and oxygen atoms in total. The van der Waals surface area contributed by atoms with E-state index in [9.17, 15) is 8.78 Å². The molecule has 0 amide bonds. The normalized spacial score (nSPS) is 15.1. The summed E-state index contributed by atoms with van der Waals surface area (Å²) < 4.78 is 26.1. The molecular weight excluding hydrogens is 274 g/mol. The lowest BCUT2D eigenvalue weighted by atomic mass is 10.2. The minimum absolute atomic E-state index is 0.444. The maximum absolute atomic E-state index is 13.2. The zero-order chi connectivity index (χ0) is 14.7. The van der Waals surface area contributed by atoms with Crippen LogP contribution in [0.25, 0.3) is 0 Å². The zero-order valence-electron chi connectivity index (χ0n) is 11.4. The molecule has 0 saturated heterocycles. The van der Waals surface area contributed by atoms with Crippen LogP contribution in [0.5, 0.6) is 0 Å². The standard InChI is InChI=1S/C15H16F2N4/c16-12-6-5-11(7-13(12)17)21-15-8-14(18-9-19-15)20-10-3-1-2-4-10/h5-10H,1-4H2,(H2,18,19,20,21). The molecule has 110 valence electrons. The monoisotopic (exact) mass is 290 g/mol. The maximum atomic E-state index is 13.2. The Morgan fingerprint density at radius 3 is 2.48 bits per heavy atom. The lowest BCUT2D eigenvalue weighted by Crippen LogP contribution is -2.15. The predicted octanol–water partition coefficient (Wildman–Crippen LogP) is 3.85. The SMILES string of the molecule is Fc1ccc(Nc2cc(NC3CCCC3)ncn2)cc1F. The first-order chi connectivity index (χ1) is 10.2. The Labute approximate surface area is 121 Å². The summed E-state index contributed by atoms with van der Waals surface area (Å²) in [4.78, 5) is 8.26. The van der Waals surface area contributed by atoms with Crippen LogP contribution < -0.4 is 10.6 Å². The molecule has 0 bridgehead atoms. The third-order valence-corrected chi connectivity index (χ3v) is 3.57. The average Bonchev–Trinajstić information content (AvgIpc) is 2.96. The number of aromatic nitrogens is 2. The molecule has 1 fully saturated rings. The van der Waals surface area contributed by atoms with Gasteiger partial charge in [0, 0.05) is 23.9 Å². The summed E-state index contributed by atoms with van der Waals surface area (Å²) in [5, 5.41) is 6.30. The highest BCUT2D eigenvalue weighted by atomic mass is 19.2. The number of nitrogens with one attached hydrogen (secondary N) is 2. The van der Waals surface area contributed by atoms with Crippen LogP contribution in [0.1, 0.15) is 25.7 Å². The minimum atomic E-state index is -0.890. The van der Waals surface area contributed by atoms with Crippen molar-refractivity contribution in [1.82, 2.24) is 9.97 Å². The number of hydrogen-bond donors (Lipinski definition) is 2. The molecule has 0 atom stereocenters. The molecule has 1 aromatic carbocycles. The van der Waals surface area contributed by atoms with Crippen molar-refractivity contribution in [1.29, 1.82) is 0 Å². The van der Waals surface area contributed by atoms with Crippen molar-refractivity contribution in [3.63, 3.8) is 0 Å². The van der Waals surface area contributed by atoms with Gasteiger partial charge in [-0.3, -0.25) is 0 Å². The Bertz CT molecular complexity index is 627. The predicted molar refractivity (Wildman–Crippen MR) is 77.6 cm³/mol. The minimum Gasteiger partial charge on any atom is -0.367 e. The molecule has 1 aliphatic carbocycles. The third-order valence-electron chi connectivity index (χ3n) is 3.57. The molecule has 2 aromatic rings. The summed E-state index contributed by atoms with van der Waals surface area (Å²) in [6, 6.07) is 5.86. The fraction of sp³-hybridized carbons (Fsp3) is 0.333. The molecule has 1 heterocycles. The van der Waals surface area contributed by atoms with Crippen molar-refractivity contribution in [2.24, 2.45) is 0 Å². The molecule has 21 heavy (non-hydrogen) atoms. The van der Waals surface area contributed by atoms with Crippen molar-refractivity contribution in [3.05, 3.63) is 42.2 Å². The first kappa shape index (κ1) is 13.7. The molecule has 0 aliphatic heterocycles. The van der Waals surface area contributed by atoms with Gasteiger partial charge in [-0.2, -0.15) is 0 Å². The van der Waals surface area contributed by atoms with E-state index < -0.39 is 11.6 Å². The first-order valence-electron chi connectivity index (χ1n) is 7.01. The molecule has 3 rings (SSSR count). The van der Waals surface area contributed by atoms with E-state index in [1.807, 2.05) is 0 Å². The molecule has 2 N–H and O–H groups in total. The Morgan fingerprint density at radius 2 is 1.71 bits per heavy atom. The topological polar surface area (TPSA) is 49.8 Å². The average molecular weight is 290 g/mol. The smallest absolute Gasteiger partial charge is 0.160 e. The van der Waals surface area contributed by atoms with Crippen molar-refractivity contribution in [2.75, 3.05) is 10.6 Å². The van der Waals surface area contributed by atoms with Crippen molar-refractivity contribution < 1.29 is 8.78 Å². The van der Waals surface area contributed by atoms with Gasteiger partial charge >= 0.3 is 0 Å². The summed E-state index contributed by atoms with van der Waals surface area (Å²) in [5.41, 5.74) is 0.444. The van der Waals surface area contributed by atoms with E-state index in [1.54, 1.807) is 6.07 Å². The molecular formula is C15H16F2N4. The largest absolute Gasteiger partial charge is 0.367 e. The fourth-order valence-corrected chi connectivity index (χ4v) is 2.51. The number of anilines is 3. The van der Waals surface area contributed by atoms with Gasteiger partial charge in [0.15, 0.2) is 11.6 Å². The quantitative estimate of drug-likeness (QED) is 0.898. The van der Waals surface area contributed by atoms with Crippen LogP contribution in [0.2, 0.25) is 0 Å². The molecule has 6 heteroatoms. The molecule has 0 spiro atoms. The highest BCUT2D eigenvalue weighted by Gasteiger charge is 2.15. The van der Waals surface area contributed by atoms with E-state index >= 15 is 0 Å². The van der Waals surface area contributed by atoms with Crippen LogP contribution in [-0.4, -0.2) is 16.0 Å². The Morgan fingerprint density at radius 1 is 0.952 bits per heavy atom. The van der Waals surface area contributed by atoms with Gasteiger partial charge in [-0.05, 0) is 25.0 Å². The van der Waals surface area contributed by atoms with Crippen LogP contribution in [0.4, 0.5) is 26.1 Å². The summed E-state index contributed by atoms with van der Waals surface area (Å²) in [6.07, 6.45) is 6.22. The molecule has 1 saturated carbocycles. The van der Waals surface area contributed by atoms with Gasteiger partial charge in [-0.25, -0.2) is 18.7 Å². The van der Waals surface area contributed by atoms with Crippen LogP contribution in [0, 0.1) is 11.6 Å². The number of rotatable bonds is 4. The van der Waals surface area contributed by atoms with Gasteiger partial charge in [0.25, 0.3) is 0 Å². The summed E-state index contributed by atoms with van der Waals surface area (Å²) >= 11 is 0.